The van der Waals surface area contributed by atoms with Crippen LogP contribution >= 0.6 is 11.3 Å². The van der Waals surface area contributed by atoms with Gasteiger partial charge in [0.1, 0.15) is 11.2 Å². The molecule has 0 spiro atoms. The summed E-state index contributed by atoms with van der Waals surface area (Å²) in [5, 5.41) is 12.7. The molecule has 11 aromatic rings. The van der Waals surface area contributed by atoms with Crippen molar-refractivity contribution in [3.8, 4) is 33.4 Å². The Kier molecular flexibility index (Phi) is 5.78. The number of hydrogen-bond donors (Lipinski definition) is 0. The highest BCUT2D eigenvalue weighted by molar-refractivity contribution is 7.25. The van der Waals surface area contributed by atoms with E-state index in [1.165, 1.54) is 108 Å². The van der Waals surface area contributed by atoms with Crippen molar-refractivity contribution in [1.82, 2.24) is 0 Å². The fraction of sp³-hybridized carbons (Fsp3) is 0.0588. The van der Waals surface area contributed by atoms with Crippen LogP contribution in [-0.2, 0) is 5.41 Å². The molecule has 0 atom stereocenters. The molecule has 1 nitrogen and oxygen atoms in total. The zero-order chi connectivity index (χ0) is 35.0. The van der Waals surface area contributed by atoms with Crippen molar-refractivity contribution in [3.63, 3.8) is 0 Å². The highest BCUT2D eigenvalue weighted by Crippen LogP contribution is 2.55. The van der Waals surface area contributed by atoms with Gasteiger partial charge in [-0.1, -0.05) is 135 Å². The van der Waals surface area contributed by atoms with Crippen LogP contribution in [0.4, 0.5) is 0 Å². The number of hydrogen-bond acceptors (Lipinski definition) is 2. The molecule has 0 fully saturated rings. The Morgan fingerprint density at radius 1 is 0.434 bits per heavy atom. The summed E-state index contributed by atoms with van der Waals surface area (Å²) in [5.41, 5.74) is 12.2. The lowest BCUT2D eigenvalue weighted by Gasteiger charge is -2.24. The van der Waals surface area contributed by atoms with Crippen LogP contribution in [-0.4, -0.2) is 0 Å². The Morgan fingerprint density at radius 2 is 1.02 bits per heavy atom. The summed E-state index contributed by atoms with van der Waals surface area (Å²) in [6.07, 6.45) is 0. The number of furan rings is 1. The monoisotopic (exact) mass is 692 g/mol. The van der Waals surface area contributed by atoms with Crippen molar-refractivity contribution < 1.29 is 4.42 Å². The van der Waals surface area contributed by atoms with Crippen molar-refractivity contribution in [1.29, 1.82) is 0 Å². The molecule has 1 aliphatic carbocycles. The second-order valence-electron chi connectivity index (χ2n) is 15.2. The van der Waals surface area contributed by atoms with Gasteiger partial charge >= 0.3 is 0 Å². The molecule has 0 N–H and O–H groups in total. The fourth-order valence-electron chi connectivity index (χ4n) is 9.74. The van der Waals surface area contributed by atoms with Crippen LogP contribution in [0.15, 0.2) is 162 Å². The molecule has 0 aliphatic heterocycles. The van der Waals surface area contributed by atoms with Crippen molar-refractivity contribution in [2.24, 2.45) is 0 Å². The van der Waals surface area contributed by atoms with Gasteiger partial charge in [-0.15, -0.1) is 11.3 Å². The minimum Gasteiger partial charge on any atom is -0.456 e. The quantitative estimate of drug-likeness (QED) is 0.164. The smallest absolute Gasteiger partial charge is 0.136 e. The van der Waals surface area contributed by atoms with E-state index in [9.17, 15) is 0 Å². The zero-order valence-corrected chi connectivity index (χ0v) is 30.1. The Hall–Kier alpha value is -6.22. The van der Waals surface area contributed by atoms with Crippen molar-refractivity contribution in [3.05, 3.63) is 169 Å². The average Bonchev–Trinajstić information content (AvgIpc) is 3.84. The van der Waals surface area contributed by atoms with Crippen LogP contribution in [0.25, 0.3) is 108 Å². The van der Waals surface area contributed by atoms with Gasteiger partial charge in [0.15, 0.2) is 0 Å². The Morgan fingerprint density at radius 3 is 1.75 bits per heavy atom. The molecule has 53 heavy (non-hydrogen) atoms. The number of thiophene rings is 1. The Bertz CT molecular complexity index is 3320. The number of rotatable bonds is 2. The third kappa shape index (κ3) is 3.91. The number of para-hydroxylation sites is 1. The molecular weight excluding hydrogens is 661 g/mol. The molecule has 0 amide bonds. The van der Waals surface area contributed by atoms with E-state index < -0.39 is 0 Å². The molecule has 2 heterocycles. The van der Waals surface area contributed by atoms with Gasteiger partial charge in [-0.2, -0.15) is 0 Å². The molecule has 0 unspecified atom stereocenters. The minimum absolute atomic E-state index is 0.187. The third-order valence-corrected chi connectivity index (χ3v) is 13.2. The normalized spacial score (nSPS) is 13.6. The Labute approximate surface area is 310 Å². The summed E-state index contributed by atoms with van der Waals surface area (Å²) in [6.45, 7) is 4.79. The van der Waals surface area contributed by atoms with E-state index in [0.29, 0.717) is 0 Å². The average molecular weight is 693 g/mol. The van der Waals surface area contributed by atoms with Gasteiger partial charge < -0.3 is 4.42 Å². The zero-order valence-electron chi connectivity index (χ0n) is 29.3. The molecule has 0 saturated heterocycles. The first kappa shape index (κ1) is 29.4. The van der Waals surface area contributed by atoms with Crippen LogP contribution in [0.1, 0.15) is 25.0 Å². The molecule has 9 aromatic carbocycles. The summed E-state index contributed by atoms with van der Waals surface area (Å²) >= 11 is 1.87. The maximum absolute atomic E-state index is 6.40. The Balaban J connectivity index is 1.12. The molecule has 248 valence electrons. The molecule has 2 aromatic heterocycles. The predicted octanol–water partition coefficient (Wildman–Crippen LogP) is 15.1. The maximum Gasteiger partial charge on any atom is 0.136 e. The summed E-state index contributed by atoms with van der Waals surface area (Å²) < 4.78 is 9.07. The summed E-state index contributed by atoms with van der Waals surface area (Å²) in [5.74, 6) is 0. The van der Waals surface area contributed by atoms with Gasteiger partial charge in [-0.3, -0.25) is 0 Å². The fourth-order valence-corrected chi connectivity index (χ4v) is 10.8. The van der Waals surface area contributed by atoms with Crippen molar-refractivity contribution in [2.45, 2.75) is 19.3 Å². The van der Waals surface area contributed by atoms with Crippen LogP contribution in [0.2, 0.25) is 0 Å². The standard InChI is InChI=1S/C51H32OS/c1-51(2)41-24-20-30(27-39(41)37-23-19-29-21-25-43-49(48(29)50(37)51)38-16-7-9-17-42(38)52-43)46-33-12-3-5-14-35(33)47(36-15-6-4-13-34(36)46)31-22-26-45-40(28-31)32-11-8-10-18-44(32)53-45/h3-28H,1-2H3. The second-order valence-corrected chi connectivity index (χ2v) is 16.2. The van der Waals surface area contributed by atoms with Gasteiger partial charge in [0.25, 0.3) is 0 Å². The lowest BCUT2D eigenvalue weighted by atomic mass is 9.79. The summed E-state index contributed by atoms with van der Waals surface area (Å²) in [4.78, 5) is 0. The summed E-state index contributed by atoms with van der Waals surface area (Å²) in [7, 11) is 0. The summed E-state index contributed by atoms with van der Waals surface area (Å²) in [6, 6.07) is 58.6. The molecule has 1 aliphatic rings. The van der Waals surface area contributed by atoms with E-state index in [1.807, 2.05) is 11.3 Å². The number of benzene rings is 9. The molecule has 12 rings (SSSR count). The van der Waals surface area contributed by atoms with Crippen LogP contribution in [0.3, 0.4) is 0 Å². The minimum atomic E-state index is -0.187. The van der Waals surface area contributed by atoms with Gasteiger partial charge in [0.05, 0.1) is 0 Å². The highest BCUT2D eigenvalue weighted by atomic mass is 32.1. The predicted molar refractivity (Wildman–Crippen MR) is 228 cm³/mol. The molecular formula is C51H32OS. The van der Waals surface area contributed by atoms with Crippen molar-refractivity contribution >= 4 is 85.8 Å². The van der Waals surface area contributed by atoms with E-state index in [0.717, 1.165) is 11.2 Å². The van der Waals surface area contributed by atoms with Crippen LogP contribution in [0, 0.1) is 0 Å². The second kappa shape index (κ2) is 10.4. The lowest BCUT2D eigenvalue weighted by molar-refractivity contribution is 0.665. The number of fused-ring (bicyclic) bond motifs is 14. The van der Waals surface area contributed by atoms with Gasteiger partial charge in [0, 0.05) is 36.4 Å². The van der Waals surface area contributed by atoms with E-state index >= 15 is 0 Å². The first-order valence-electron chi connectivity index (χ1n) is 18.4. The maximum atomic E-state index is 6.40. The van der Waals surface area contributed by atoms with Crippen LogP contribution in [0.5, 0.6) is 0 Å². The molecule has 2 heteroatoms. The lowest BCUT2D eigenvalue weighted by Crippen LogP contribution is -2.15. The topological polar surface area (TPSA) is 13.1 Å². The third-order valence-electron chi connectivity index (χ3n) is 12.0. The molecule has 0 saturated carbocycles. The van der Waals surface area contributed by atoms with Gasteiger partial charge in [-0.25, -0.2) is 0 Å². The van der Waals surface area contributed by atoms with Gasteiger partial charge in [0.2, 0.25) is 0 Å². The van der Waals surface area contributed by atoms with E-state index in [2.05, 4.69) is 172 Å². The van der Waals surface area contributed by atoms with Crippen molar-refractivity contribution in [2.75, 3.05) is 0 Å². The van der Waals surface area contributed by atoms with E-state index in [-0.39, 0.29) is 5.41 Å². The van der Waals surface area contributed by atoms with Gasteiger partial charge in [-0.05, 0) is 113 Å². The van der Waals surface area contributed by atoms with Crippen LogP contribution < -0.4 is 0 Å². The van der Waals surface area contributed by atoms with E-state index in [4.69, 9.17) is 4.42 Å². The molecule has 0 bridgehead atoms. The first-order valence-corrected chi connectivity index (χ1v) is 19.2. The first-order chi connectivity index (χ1) is 26.0. The molecule has 0 radical (unpaired) electrons. The highest BCUT2D eigenvalue weighted by Gasteiger charge is 2.38. The largest absolute Gasteiger partial charge is 0.456 e. The van der Waals surface area contributed by atoms with E-state index in [1.54, 1.807) is 0 Å². The SMILES string of the molecule is CC1(C)c2ccc(-c3c4ccccc4c(-c4ccc5sc6ccccc6c5c4)c4ccccc34)cc2-c2ccc3ccc4oc5ccccc5c4c3c21.